The van der Waals surface area contributed by atoms with Crippen LogP contribution in [-0.2, 0) is 6.18 Å². The number of hydrogen-bond donors (Lipinski definition) is 1. The van der Waals surface area contributed by atoms with Crippen LogP contribution in [0.2, 0.25) is 0 Å². The van der Waals surface area contributed by atoms with Gasteiger partial charge in [-0.15, -0.1) is 0 Å². The fourth-order valence-corrected chi connectivity index (χ4v) is 1.68. The number of alkyl halides is 3. The molecular formula is C13H7F3N2O. The zero-order valence-electron chi connectivity index (χ0n) is 9.45. The summed E-state index contributed by atoms with van der Waals surface area (Å²) in [5.74, 6) is 0. The molecule has 19 heavy (non-hydrogen) atoms. The minimum Gasteiger partial charge on any atom is -0.317 e. The van der Waals surface area contributed by atoms with E-state index in [2.05, 4.69) is 0 Å². The van der Waals surface area contributed by atoms with Crippen molar-refractivity contribution in [1.82, 2.24) is 4.98 Å². The van der Waals surface area contributed by atoms with Gasteiger partial charge in [0.2, 0.25) is 0 Å². The highest BCUT2D eigenvalue weighted by atomic mass is 19.4. The lowest BCUT2D eigenvalue weighted by Crippen LogP contribution is -2.20. The van der Waals surface area contributed by atoms with E-state index in [-0.39, 0.29) is 16.7 Å². The van der Waals surface area contributed by atoms with Crippen LogP contribution >= 0.6 is 0 Å². The van der Waals surface area contributed by atoms with Crippen LogP contribution < -0.4 is 5.56 Å². The Bertz CT molecular complexity index is 697. The van der Waals surface area contributed by atoms with Crippen molar-refractivity contribution in [3.05, 3.63) is 58.0 Å². The molecule has 1 heterocycles. The van der Waals surface area contributed by atoms with Crippen molar-refractivity contribution in [3.63, 3.8) is 0 Å². The van der Waals surface area contributed by atoms with Crippen LogP contribution in [0.4, 0.5) is 13.2 Å². The standard InChI is InChI=1S/C13H7F3N2O/c14-13(15,16)11-10(8-4-2-1-3-5-8)6-9(7-17)12(19)18-11/h1-6H,(H,18,19). The summed E-state index contributed by atoms with van der Waals surface area (Å²) in [7, 11) is 0. The largest absolute Gasteiger partial charge is 0.431 e. The Kier molecular flexibility index (Phi) is 3.13. The second kappa shape index (κ2) is 4.61. The van der Waals surface area contributed by atoms with Crippen molar-refractivity contribution in [2.45, 2.75) is 6.18 Å². The van der Waals surface area contributed by atoms with Gasteiger partial charge in [-0.2, -0.15) is 18.4 Å². The van der Waals surface area contributed by atoms with Gasteiger partial charge in [-0.3, -0.25) is 4.79 Å². The van der Waals surface area contributed by atoms with Gasteiger partial charge < -0.3 is 4.98 Å². The van der Waals surface area contributed by atoms with E-state index in [1.54, 1.807) is 29.3 Å². The number of pyridine rings is 1. The van der Waals surface area contributed by atoms with Gasteiger partial charge in [-0.1, -0.05) is 30.3 Å². The van der Waals surface area contributed by atoms with Crippen LogP contribution in [-0.4, -0.2) is 4.98 Å². The van der Waals surface area contributed by atoms with Crippen LogP contribution in [0.3, 0.4) is 0 Å². The van der Waals surface area contributed by atoms with E-state index in [1.807, 2.05) is 0 Å². The summed E-state index contributed by atoms with van der Waals surface area (Å²) >= 11 is 0. The smallest absolute Gasteiger partial charge is 0.317 e. The van der Waals surface area contributed by atoms with E-state index in [0.29, 0.717) is 0 Å². The first kappa shape index (κ1) is 12.9. The number of halogens is 3. The van der Waals surface area contributed by atoms with Crippen molar-refractivity contribution in [2.75, 3.05) is 0 Å². The zero-order valence-corrected chi connectivity index (χ0v) is 9.45. The molecule has 6 heteroatoms. The molecule has 2 rings (SSSR count). The number of nitriles is 1. The Labute approximate surface area is 105 Å². The maximum atomic E-state index is 12.9. The van der Waals surface area contributed by atoms with Crippen LogP contribution in [0.15, 0.2) is 41.2 Å². The third-order valence-electron chi connectivity index (χ3n) is 2.53. The minimum absolute atomic E-state index is 0.218. The molecule has 0 aliphatic carbocycles. The molecule has 0 unspecified atom stereocenters. The second-order valence-electron chi connectivity index (χ2n) is 3.78. The Hall–Kier alpha value is -2.55. The minimum atomic E-state index is -4.70. The summed E-state index contributed by atoms with van der Waals surface area (Å²) in [6.07, 6.45) is -4.70. The predicted molar refractivity (Wildman–Crippen MR) is 62.2 cm³/mol. The van der Waals surface area contributed by atoms with Gasteiger partial charge in [-0.25, -0.2) is 0 Å². The van der Waals surface area contributed by atoms with E-state index in [9.17, 15) is 18.0 Å². The summed E-state index contributed by atoms with van der Waals surface area (Å²) in [5.41, 5.74) is -2.49. The molecule has 0 bridgehead atoms. The molecule has 1 N–H and O–H groups in total. The maximum Gasteiger partial charge on any atom is 0.431 e. The van der Waals surface area contributed by atoms with Crippen molar-refractivity contribution < 1.29 is 13.2 Å². The first-order valence-electron chi connectivity index (χ1n) is 5.23. The number of aromatic nitrogens is 1. The van der Waals surface area contributed by atoms with E-state index < -0.39 is 17.4 Å². The molecular weight excluding hydrogens is 257 g/mol. The lowest BCUT2D eigenvalue weighted by Gasteiger charge is -2.12. The summed E-state index contributed by atoms with van der Waals surface area (Å²) in [6.45, 7) is 0. The summed E-state index contributed by atoms with van der Waals surface area (Å²) in [6, 6.07) is 10.3. The number of hydrogen-bond acceptors (Lipinski definition) is 2. The van der Waals surface area contributed by atoms with E-state index in [1.165, 1.54) is 12.1 Å². The molecule has 0 saturated carbocycles. The molecule has 0 radical (unpaired) electrons. The van der Waals surface area contributed by atoms with Crippen molar-refractivity contribution >= 4 is 0 Å². The summed E-state index contributed by atoms with van der Waals surface area (Å²) in [5, 5.41) is 8.73. The Morgan fingerprint density at radius 3 is 2.32 bits per heavy atom. The molecule has 0 aliphatic rings. The molecule has 0 amide bonds. The Morgan fingerprint density at radius 1 is 1.16 bits per heavy atom. The maximum absolute atomic E-state index is 12.9. The van der Waals surface area contributed by atoms with E-state index in [4.69, 9.17) is 5.26 Å². The van der Waals surface area contributed by atoms with Crippen LogP contribution in [0.25, 0.3) is 11.1 Å². The predicted octanol–water partition coefficient (Wildman–Crippen LogP) is 2.93. The molecule has 3 nitrogen and oxygen atoms in total. The number of rotatable bonds is 1. The third-order valence-corrected chi connectivity index (χ3v) is 2.53. The molecule has 0 aliphatic heterocycles. The summed E-state index contributed by atoms with van der Waals surface area (Å²) in [4.78, 5) is 13.1. The van der Waals surface area contributed by atoms with Gasteiger partial charge in [0.1, 0.15) is 17.3 Å². The van der Waals surface area contributed by atoms with Gasteiger partial charge in [0.05, 0.1) is 0 Å². The molecule has 96 valence electrons. The van der Waals surface area contributed by atoms with Gasteiger partial charge >= 0.3 is 6.18 Å². The highest BCUT2D eigenvalue weighted by Crippen LogP contribution is 2.34. The van der Waals surface area contributed by atoms with E-state index >= 15 is 0 Å². The quantitative estimate of drug-likeness (QED) is 0.860. The first-order chi connectivity index (χ1) is 8.93. The number of benzene rings is 1. The fourth-order valence-electron chi connectivity index (χ4n) is 1.68. The lowest BCUT2D eigenvalue weighted by atomic mass is 10.0. The average Bonchev–Trinajstić information content (AvgIpc) is 2.38. The molecule has 2 aromatic rings. The van der Waals surface area contributed by atoms with Crippen molar-refractivity contribution in [2.24, 2.45) is 0 Å². The lowest BCUT2D eigenvalue weighted by molar-refractivity contribution is -0.140. The molecule has 0 saturated heterocycles. The highest BCUT2D eigenvalue weighted by Gasteiger charge is 2.35. The number of aromatic amines is 1. The second-order valence-corrected chi connectivity index (χ2v) is 3.78. The van der Waals surface area contributed by atoms with Crippen LogP contribution in [0.5, 0.6) is 0 Å². The first-order valence-corrected chi connectivity index (χ1v) is 5.23. The SMILES string of the molecule is N#Cc1cc(-c2ccccc2)c(C(F)(F)F)[nH]c1=O. The monoisotopic (exact) mass is 264 g/mol. The van der Waals surface area contributed by atoms with Crippen LogP contribution in [0.1, 0.15) is 11.3 Å². The Balaban J connectivity index is 2.78. The van der Waals surface area contributed by atoms with Gasteiger partial charge in [-0.05, 0) is 11.6 Å². The highest BCUT2D eigenvalue weighted by molar-refractivity contribution is 5.67. The molecule has 0 spiro atoms. The van der Waals surface area contributed by atoms with E-state index in [0.717, 1.165) is 6.07 Å². The fraction of sp³-hybridized carbons (Fsp3) is 0.0769. The number of H-pyrrole nitrogens is 1. The van der Waals surface area contributed by atoms with Gasteiger partial charge in [0.25, 0.3) is 5.56 Å². The molecule has 0 fully saturated rings. The van der Waals surface area contributed by atoms with Crippen molar-refractivity contribution in [3.8, 4) is 17.2 Å². The van der Waals surface area contributed by atoms with Crippen molar-refractivity contribution in [1.29, 1.82) is 5.26 Å². The molecule has 1 aromatic heterocycles. The third kappa shape index (κ3) is 2.50. The number of nitrogens with zero attached hydrogens (tertiary/aromatic N) is 1. The molecule has 0 atom stereocenters. The zero-order chi connectivity index (χ0) is 14.0. The Morgan fingerprint density at radius 2 is 1.79 bits per heavy atom. The van der Waals surface area contributed by atoms with Crippen LogP contribution in [0, 0.1) is 11.3 Å². The van der Waals surface area contributed by atoms with Gasteiger partial charge in [0, 0.05) is 5.56 Å². The number of nitrogens with one attached hydrogen (secondary N) is 1. The topological polar surface area (TPSA) is 56.6 Å². The summed E-state index contributed by atoms with van der Waals surface area (Å²) < 4.78 is 38.7. The normalized spacial score (nSPS) is 11.1. The molecule has 1 aromatic carbocycles. The van der Waals surface area contributed by atoms with Gasteiger partial charge in [0.15, 0.2) is 0 Å². The average molecular weight is 264 g/mol.